The molecule has 5 heteroatoms. The number of aromatic nitrogens is 2. The Balaban J connectivity index is 2.12. The van der Waals surface area contributed by atoms with Crippen molar-refractivity contribution in [3.8, 4) is 0 Å². The summed E-state index contributed by atoms with van der Waals surface area (Å²) in [6.45, 7) is 8.55. The maximum absolute atomic E-state index is 12.4. The molecule has 3 aromatic rings. The first-order chi connectivity index (χ1) is 11.0. The fraction of sp³-hybridized carbons (Fsp3) is 0.333. The van der Waals surface area contributed by atoms with E-state index in [2.05, 4.69) is 10.3 Å². The number of fused-ring (bicyclic) bond motifs is 1. The van der Waals surface area contributed by atoms with Gasteiger partial charge in [-0.2, -0.15) is 0 Å². The Morgan fingerprint density at radius 1 is 1.35 bits per heavy atom. The van der Waals surface area contributed by atoms with Gasteiger partial charge in [-0.3, -0.25) is 4.79 Å². The molecule has 0 bridgehead atoms. The molecule has 0 saturated carbocycles. The van der Waals surface area contributed by atoms with Gasteiger partial charge < -0.3 is 14.3 Å². The third-order valence-corrected chi connectivity index (χ3v) is 3.98. The summed E-state index contributed by atoms with van der Waals surface area (Å²) in [4.78, 5) is 16.5. The molecule has 0 radical (unpaired) electrons. The number of nitrogens with one attached hydrogen (secondary N) is 1. The number of imidazole rings is 1. The van der Waals surface area contributed by atoms with Crippen LogP contribution in [-0.4, -0.2) is 21.5 Å². The molecule has 0 atom stereocenters. The number of benzene rings is 1. The normalized spacial score (nSPS) is 11.3. The number of carbonyl (C=O) groups is 1. The highest BCUT2D eigenvalue weighted by Gasteiger charge is 2.19. The number of hydrogen-bond donors (Lipinski definition) is 1. The Morgan fingerprint density at radius 3 is 2.78 bits per heavy atom. The van der Waals surface area contributed by atoms with Gasteiger partial charge >= 0.3 is 0 Å². The van der Waals surface area contributed by atoms with Gasteiger partial charge in [0.15, 0.2) is 0 Å². The highest BCUT2D eigenvalue weighted by molar-refractivity contribution is 6.06. The molecule has 1 aromatic carbocycles. The Bertz CT molecular complexity index is 845. The van der Waals surface area contributed by atoms with E-state index in [-0.39, 0.29) is 11.9 Å². The topological polar surface area (TPSA) is 60.1 Å². The molecule has 0 aliphatic heterocycles. The molecule has 5 nitrogen and oxygen atoms in total. The average molecular weight is 311 g/mol. The van der Waals surface area contributed by atoms with Crippen molar-refractivity contribution >= 4 is 16.9 Å². The summed E-state index contributed by atoms with van der Waals surface area (Å²) in [6, 6.07) is 3.93. The second kappa shape index (κ2) is 5.91. The number of rotatable bonds is 4. The SMILES string of the molecule is Cc1oc2c(C(=O)NC(C)C)ccc(Cn3ccnc3)c2c1C. The van der Waals surface area contributed by atoms with E-state index < -0.39 is 0 Å². The van der Waals surface area contributed by atoms with Crippen LogP contribution in [0.25, 0.3) is 11.0 Å². The van der Waals surface area contributed by atoms with Gasteiger partial charge in [0.2, 0.25) is 0 Å². The Morgan fingerprint density at radius 2 is 2.13 bits per heavy atom. The molecular weight excluding hydrogens is 290 g/mol. The van der Waals surface area contributed by atoms with Crippen LogP contribution in [0, 0.1) is 13.8 Å². The van der Waals surface area contributed by atoms with Crippen molar-refractivity contribution in [3.05, 3.63) is 53.3 Å². The van der Waals surface area contributed by atoms with Gasteiger partial charge in [0.1, 0.15) is 11.3 Å². The van der Waals surface area contributed by atoms with Crippen LogP contribution in [0.2, 0.25) is 0 Å². The predicted molar refractivity (Wildman–Crippen MR) is 89.6 cm³/mol. The first-order valence-corrected chi connectivity index (χ1v) is 7.75. The zero-order valence-electron chi connectivity index (χ0n) is 13.9. The molecule has 3 rings (SSSR count). The Labute approximate surface area is 135 Å². The van der Waals surface area contributed by atoms with Crippen LogP contribution in [0.3, 0.4) is 0 Å². The zero-order valence-corrected chi connectivity index (χ0v) is 13.9. The summed E-state index contributed by atoms with van der Waals surface area (Å²) in [5.74, 6) is 0.740. The molecule has 2 aromatic heterocycles. The number of furan rings is 1. The smallest absolute Gasteiger partial charge is 0.255 e. The van der Waals surface area contributed by atoms with Crippen LogP contribution < -0.4 is 5.32 Å². The third kappa shape index (κ3) is 2.86. The number of hydrogen-bond acceptors (Lipinski definition) is 3. The molecule has 0 spiro atoms. The number of aryl methyl sites for hydroxylation is 2. The first kappa shape index (κ1) is 15.3. The Hall–Kier alpha value is -2.56. The van der Waals surface area contributed by atoms with E-state index in [0.717, 1.165) is 22.3 Å². The molecule has 2 heterocycles. The van der Waals surface area contributed by atoms with E-state index in [1.807, 2.05) is 50.6 Å². The van der Waals surface area contributed by atoms with Crippen molar-refractivity contribution in [2.45, 2.75) is 40.3 Å². The largest absolute Gasteiger partial charge is 0.460 e. The van der Waals surface area contributed by atoms with Crippen molar-refractivity contribution in [3.63, 3.8) is 0 Å². The fourth-order valence-electron chi connectivity index (χ4n) is 2.77. The molecule has 0 fully saturated rings. The third-order valence-electron chi connectivity index (χ3n) is 3.98. The number of nitrogens with zero attached hydrogens (tertiary/aromatic N) is 2. The maximum atomic E-state index is 12.4. The van der Waals surface area contributed by atoms with Gasteiger partial charge in [-0.05, 0) is 44.9 Å². The van der Waals surface area contributed by atoms with Gasteiger partial charge in [0.25, 0.3) is 5.91 Å². The Kier molecular flexibility index (Phi) is 3.94. The van der Waals surface area contributed by atoms with Crippen molar-refractivity contribution in [1.82, 2.24) is 14.9 Å². The minimum Gasteiger partial charge on any atom is -0.460 e. The highest BCUT2D eigenvalue weighted by atomic mass is 16.3. The number of amides is 1. The summed E-state index contributed by atoms with van der Waals surface area (Å²) < 4.78 is 7.91. The summed E-state index contributed by atoms with van der Waals surface area (Å²) in [6.07, 6.45) is 5.47. The minimum atomic E-state index is -0.104. The van der Waals surface area contributed by atoms with Crippen molar-refractivity contribution in [2.24, 2.45) is 0 Å². The minimum absolute atomic E-state index is 0.0836. The molecule has 0 unspecified atom stereocenters. The second-order valence-electron chi connectivity index (χ2n) is 6.12. The summed E-state index contributed by atoms with van der Waals surface area (Å²) in [5.41, 5.74) is 3.44. The van der Waals surface area contributed by atoms with Gasteiger partial charge in [0, 0.05) is 30.4 Å². The maximum Gasteiger partial charge on any atom is 0.255 e. The van der Waals surface area contributed by atoms with Gasteiger partial charge in [-0.15, -0.1) is 0 Å². The lowest BCUT2D eigenvalue weighted by Gasteiger charge is -2.11. The molecule has 0 aliphatic rings. The van der Waals surface area contributed by atoms with Gasteiger partial charge in [-0.1, -0.05) is 6.07 Å². The highest BCUT2D eigenvalue weighted by Crippen LogP contribution is 2.31. The van der Waals surface area contributed by atoms with E-state index in [1.165, 1.54) is 0 Å². The van der Waals surface area contributed by atoms with E-state index in [4.69, 9.17) is 4.42 Å². The quantitative estimate of drug-likeness (QED) is 0.803. The first-order valence-electron chi connectivity index (χ1n) is 7.75. The predicted octanol–water partition coefficient (Wildman–Crippen LogP) is 3.43. The van der Waals surface area contributed by atoms with E-state index in [1.54, 1.807) is 12.5 Å². The summed E-state index contributed by atoms with van der Waals surface area (Å²) in [7, 11) is 0. The van der Waals surface area contributed by atoms with Crippen LogP contribution >= 0.6 is 0 Å². The van der Waals surface area contributed by atoms with Crippen molar-refractivity contribution < 1.29 is 9.21 Å². The molecular formula is C18H21N3O2. The summed E-state index contributed by atoms with van der Waals surface area (Å²) in [5, 5.41) is 3.95. The van der Waals surface area contributed by atoms with Gasteiger partial charge in [-0.25, -0.2) is 4.98 Å². The lowest BCUT2D eigenvalue weighted by molar-refractivity contribution is 0.0944. The van der Waals surface area contributed by atoms with E-state index in [0.29, 0.717) is 17.7 Å². The molecule has 23 heavy (non-hydrogen) atoms. The van der Waals surface area contributed by atoms with Crippen molar-refractivity contribution in [1.29, 1.82) is 0 Å². The molecule has 120 valence electrons. The molecule has 1 amide bonds. The molecule has 0 saturated heterocycles. The summed E-state index contributed by atoms with van der Waals surface area (Å²) >= 11 is 0. The van der Waals surface area contributed by atoms with E-state index in [9.17, 15) is 4.79 Å². The fourth-order valence-corrected chi connectivity index (χ4v) is 2.77. The van der Waals surface area contributed by atoms with E-state index >= 15 is 0 Å². The van der Waals surface area contributed by atoms with Crippen LogP contribution in [-0.2, 0) is 6.54 Å². The lowest BCUT2D eigenvalue weighted by Crippen LogP contribution is -2.30. The standard InChI is InChI=1S/C18H21N3O2/c1-11(2)20-18(22)15-6-5-14(9-21-8-7-19-10-21)16-12(3)13(4)23-17(15)16/h5-8,10-11H,9H2,1-4H3,(H,20,22). The van der Waals surface area contributed by atoms with Crippen LogP contribution in [0.4, 0.5) is 0 Å². The second-order valence-corrected chi connectivity index (χ2v) is 6.12. The zero-order chi connectivity index (χ0) is 16.6. The molecule has 0 aliphatic carbocycles. The lowest BCUT2D eigenvalue weighted by atomic mass is 10.0. The van der Waals surface area contributed by atoms with Crippen LogP contribution in [0.5, 0.6) is 0 Å². The monoisotopic (exact) mass is 311 g/mol. The van der Waals surface area contributed by atoms with Gasteiger partial charge in [0.05, 0.1) is 11.9 Å². The van der Waals surface area contributed by atoms with Crippen molar-refractivity contribution in [2.75, 3.05) is 0 Å². The number of carbonyl (C=O) groups excluding carboxylic acids is 1. The molecule has 1 N–H and O–H groups in total. The average Bonchev–Trinajstić information content (AvgIpc) is 3.08. The van der Waals surface area contributed by atoms with Crippen LogP contribution in [0.1, 0.15) is 41.1 Å². The van der Waals surface area contributed by atoms with Crippen LogP contribution in [0.15, 0.2) is 35.3 Å².